The van der Waals surface area contributed by atoms with E-state index in [0.717, 1.165) is 51.7 Å². The number of hydrogen-bond acceptors (Lipinski definition) is 3. The lowest BCUT2D eigenvalue weighted by atomic mass is 9.78. The van der Waals surface area contributed by atoms with E-state index in [1.165, 1.54) is 24.1 Å². The van der Waals surface area contributed by atoms with Crippen LogP contribution in [0, 0.1) is 11.8 Å². The Labute approximate surface area is 159 Å². The zero-order valence-electron chi connectivity index (χ0n) is 17.2. The van der Waals surface area contributed by atoms with Crippen molar-refractivity contribution < 1.29 is 4.79 Å². The molecule has 0 bridgehead atoms. The fraction of sp³-hybridized carbons (Fsp3) is 0.810. The van der Waals surface area contributed by atoms with Gasteiger partial charge in [0.25, 0.3) is 0 Å². The molecule has 1 aliphatic rings. The van der Waals surface area contributed by atoms with Crippen LogP contribution in [0.2, 0.25) is 0 Å². The second-order valence-corrected chi connectivity index (χ2v) is 8.42. The molecule has 148 valence electrons. The minimum Gasteiger partial charge on any atom is -0.356 e. The van der Waals surface area contributed by atoms with Crippen LogP contribution in [0.4, 0.5) is 0 Å². The van der Waals surface area contributed by atoms with Crippen molar-refractivity contribution in [3.05, 3.63) is 17.5 Å². The molecule has 1 fully saturated rings. The van der Waals surface area contributed by atoms with Gasteiger partial charge in [0.1, 0.15) is 0 Å². The summed E-state index contributed by atoms with van der Waals surface area (Å²) < 4.78 is 0. The van der Waals surface area contributed by atoms with Crippen molar-refractivity contribution in [2.45, 2.75) is 78.2 Å². The number of unbranched alkanes of at least 4 members (excludes halogenated alkanes) is 1. The monoisotopic (exact) mass is 362 g/mol. The van der Waals surface area contributed by atoms with Crippen molar-refractivity contribution in [2.24, 2.45) is 11.8 Å². The van der Waals surface area contributed by atoms with Crippen LogP contribution in [0.15, 0.2) is 6.20 Å². The predicted octanol–water partition coefficient (Wildman–Crippen LogP) is 4.08. The molecule has 0 aromatic carbocycles. The number of aromatic nitrogens is 2. The molecule has 0 unspecified atom stereocenters. The van der Waals surface area contributed by atoms with Gasteiger partial charge in [-0.25, -0.2) is 0 Å². The molecule has 2 rings (SSSR count). The maximum absolute atomic E-state index is 12.3. The van der Waals surface area contributed by atoms with Gasteiger partial charge >= 0.3 is 0 Å². The number of nitrogens with zero attached hydrogens (tertiary/aromatic N) is 2. The van der Waals surface area contributed by atoms with E-state index < -0.39 is 0 Å². The third kappa shape index (κ3) is 6.42. The molecule has 1 saturated carbocycles. The first-order valence-electron chi connectivity index (χ1n) is 10.5. The van der Waals surface area contributed by atoms with E-state index in [2.05, 4.69) is 48.2 Å². The average molecular weight is 363 g/mol. The second-order valence-electron chi connectivity index (χ2n) is 8.42. The van der Waals surface area contributed by atoms with Gasteiger partial charge in [-0.2, -0.15) is 5.10 Å². The number of amides is 1. The van der Waals surface area contributed by atoms with Gasteiger partial charge in [-0.05, 0) is 69.5 Å². The van der Waals surface area contributed by atoms with E-state index in [-0.39, 0.29) is 11.8 Å². The SMILES string of the molecule is CCCCN(C)Cc1[nH]ncc1C1CCC(C(=O)NCCC(C)C)CC1. The highest BCUT2D eigenvalue weighted by atomic mass is 16.1. The van der Waals surface area contributed by atoms with Crippen molar-refractivity contribution in [2.75, 3.05) is 20.1 Å². The Balaban J connectivity index is 1.81. The fourth-order valence-corrected chi connectivity index (χ4v) is 3.87. The summed E-state index contributed by atoms with van der Waals surface area (Å²) in [5.74, 6) is 1.64. The van der Waals surface area contributed by atoms with E-state index in [0.29, 0.717) is 11.8 Å². The Morgan fingerprint density at radius 2 is 2.08 bits per heavy atom. The highest BCUT2D eigenvalue weighted by Crippen LogP contribution is 2.37. The minimum atomic E-state index is 0.195. The van der Waals surface area contributed by atoms with Crippen molar-refractivity contribution >= 4 is 5.91 Å². The number of rotatable bonds is 10. The highest BCUT2D eigenvalue weighted by Gasteiger charge is 2.28. The molecule has 0 aliphatic heterocycles. The standard InChI is InChI=1S/C21H38N4O/c1-5-6-13-25(4)15-20-19(14-23-24-20)17-7-9-18(10-8-17)21(26)22-12-11-16(2)3/h14,16-18H,5-13,15H2,1-4H3,(H,22,26)(H,23,24). The van der Waals surface area contributed by atoms with Crippen molar-refractivity contribution in [3.8, 4) is 0 Å². The molecule has 2 N–H and O–H groups in total. The molecule has 5 nitrogen and oxygen atoms in total. The Kier molecular flexibility index (Phi) is 8.63. The largest absolute Gasteiger partial charge is 0.356 e. The molecule has 1 amide bonds. The van der Waals surface area contributed by atoms with E-state index in [1.807, 2.05) is 6.20 Å². The summed E-state index contributed by atoms with van der Waals surface area (Å²) in [6.45, 7) is 9.49. The van der Waals surface area contributed by atoms with E-state index in [9.17, 15) is 4.79 Å². The van der Waals surface area contributed by atoms with E-state index in [4.69, 9.17) is 0 Å². The second kappa shape index (κ2) is 10.7. The first-order chi connectivity index (χ1) is 12.5. The molecule has 26 heavy (non-hydrogen) atoms. The first kappa shape index (κ1) is 20.9. The first-order valence-corrected chi connectivity index (χ1v) is 10.5. The number of carbonyl (C=O) groups is 1. The molecule has 5 heteroatoms. The maximum atomic E-state index is 12.3. The number of carbonyl (C=O) groups excluding carboxylic acids is 1. The molecular formula is C21H38N4O. The number of hydrogen-bond donors (Lipinski definition) is 2. The van der Waals surface area contributed by atoms with Gasteiger partial charge in [-0.15, -0.1) is 0 Å². The van der Waals surface area contributed by atoms with Crippen molar-refractivity contribution in [1.29, 1.82) is 0 Å². The summed E-state index contributed by atoms with van der Waals surface area (Å²) >= 11 is 0. The van der Waals surface area contributed by atoms with Crippen LogP contribution >= 0.6 is 0 Å². The van der Waals surface area contributed by atoms with Crippen LogP contribution in [0.25, 0.3) is 0 Å². The summed E-state index contributed by atoms with van der Waals surface area (Å²) in [7, 11) is 2.18. The van der Waals surface area contributed by atoms with Crippen molar-refractivity contribution in [3.63, 3.8) is 0 Å². The minimum absolute atomic E-state index is 0.195. The van der Waals surface area contributed by atoms with Crippen molar-refractivity contribution in [1.82, 2.24) is 20.4 Å². The molecule has 0 saturated heterocycles. The molecular weight excluding hydrogens is 324 g/mol. The Hall–Kier alpha value is -1.36. The predicted molar refractivity (Wildman–Crippen MR) is 107 cm³/mol. The molecule has 0 atom stereocenters. The van der Waals surface area contributed by atoms with Crippen LogP contribution in [0.5, 0.6) is 0 Å². The van der Waals surface area contributed by atoms with Crippen LogP contribution in [-0.2, 0) is 11.3 Å². The van der Waals surface area contributed by atoms with Gasteiger partial charge in [-0.3, -0.25) is 9.89 Å². The Morgan fingerprint density at radius 1 is 1.35 bits per heavy atom. The highest BCUT2D eigenvalue weighted by molar-refractivity contribution is 5.78. The number of aromatic amines is 1. The van der Waals surface area contributed by atoms with Crippen LogP contribution in [-0.4, -0.2) is 41.1 Å². The maximum Gasteiger partial charge on any atom is 0.223 e. The van der Waals surface area contributed by atoms with Gasteiger partial charge in [0.05, 0.1) is 11.9 Å². The van der Waals surface area contributed by atoms with E-state index in [1.54, 1.807) is 0 Å². The molecule has 0 radical (unpaired) electrons. The summed E-state index contributed by atoms with van der Waals surface area (Å²) in [4.78, 5) is 14.7. The van der Waals surface area contributed by atoms with Gasteiger partial charge < -0.3 is 10.2 Å². The van der Waals surface area contributed by atoms with Gasteiger partial charge in [0.15, 0.2) is 0 Å². The van der Waals surface area contributed by atoms with Gasteiger partial charge in [0, 0.05) is 19.0 Å². The van der Waals surface area contributed by atoms with Crippen LogP contribution < -0.4 is 5.32 Å². The summed E-state index contributed by atoms with van der Waals surface area (Å²) in [6, 6.07) is 0. The lowest BCUT2D eigenvalue weighted by Crippen LogP contribution is -2.34. The fourth-order valence-electron chi connectivity index (χ4n) is 3.87. The zero-order chi connectivity index (χ0) is 18.9. The number of H-pyrrole nitrogens is 1. The Bertz CT molecular complexity index is 532. The lowest BCUT2D eigenvalue weighted by Gasteiger charge is -2.28. The van der Waals surface area contributed by atoms with E-state index >= 15 is 0 Å². The third-order valence-electron chi connectivity index (χ3n) is 5.63. The zero-order valence-corrected chi connectivity index (χ0v) is 17.2. The molecule has 0 spiro atoms. The summed E-state index contributed by atoms with van der Waals surface area (Å²) in [5, 5.41) is 10.6. The normalized spacial score (nSPS) is 20.7. The smallest absolute Gasteiger partial charge is 0.223 e. The summed E-state index contributed by atoms with van der Waals surface area (Å²) in [6.07, 6.45) is 9.70. The van der Waals surface area contributed by atoms with Gasteiger partial charge in [-0.1, -0.05) is 27.2 Å². The number of nitrogens with one attached hydrogen (secondary N) is 2. The quantitative estimate of drug-likeness (QED) is 0.659. The molecule has 1 heterocycles. The third-order valence-corrected chi connectivity index (χ3v) is 5.63. The average Bonchev–Trinajstić information content (AvgIpc) is 3.07. The molecule has 1 aromatic rings. The molecule has 1 aromatic heterocycles. The van der Waals surface area contributed by atoms with Crippen LogP contribution in [0.1, 0.15) is 82.9 Å². The van der Waals surface area contributed by atoms with Gasteiger partial charge in [0.2, 0.25) is 5.91 Å². The topological polar surface area (TPSA) is 61.0 Å². The Morgan fingerprint density at radius 3 is 2.73 bits per heavy atom. The molecule has 1 aliphatic carbocycles. The van der Waals surface area contributed by atoms with Crippen LogP contribution in [0.3, 0.4) is 0 Å². The summed E-state index contributed by atoms with van der Waals surface area (Å²) in [5.41, 5.74) is 2.63. The lowest BCUT2D eigenvalue weighted by molar-refractivity contribution is -0.126.